The summed E-state index contributed by atoms with van der Waals surface area (Å²) in [4.78, 5) is 26.8. The van der Waals surface area contributed by atoms with Gasteiger partial charge in [0.1, 0.15) is 6.04 Å². The highest BCUT2D eigenvalue weighted by Crippen LogP contribution is 2.33. The highest BCUT2D eigenvalue weighted by Gasteiger charge is 2.30. The average molecular weight is 488 g/mol. The van der Waals surface area contributed by atoms with E-state index in [2.05, 4.69) is 10.0 Å². The van der Waals surface area contributed by atoms with Crippen LogP contribution < -0.4 is 24.4 Å². The summed E-state index contributed by atoms with van der Waals surface area (Å²) in [7, 11) is -3.96. The quantitative estimate of drug-likeness (QED) is 0.591. The molecule has 0 saturated heterocycles. The van der Waals surface area contributed by atoms with Crippen molar-refractivity contribution in [2.24, 2.45) is 5.92 Å². The van der Waals surface area contributed by atoms with Crippen molar-refractivity contribution in [1.29, 1.82) is 0 Å². The van der Waals surface area contributed by atoms with Crippen LogP contribution in [0.2, 0.25) is 0 Å². The molecule has 1 unspecified atom stereocenters. The van der Waals surface area contributed by atoms with E-state index in [1.165, 1.54) is 6.07 Å². The number of hydrogen-bond donors (Lipinski definition) is 2. The number of sulfonamides is 1. The van der Waals surface area contributed by atoms with Crippen molar-refractivity contribution in [2.45, 2.75) is 51.1 Å². The van der Waals surface area contributed by atoms with Crippen LogP contribution in [0.5, 0.6) is 11.5 Å². The van der Waals surface area contributed by atoms with Gasteiger partial charge in [-0.25, -0.2) is 8.42 Å². The number of carbonyl (C=O) groups excluding carboxylic acids is 2. The third-order valence-corrected chi connectivity index (χ3v) is 7.43. The van der Waals surface area contributed by atoms with E-state index in [9.17, 15) is 18.0 Å². The number of benzene rings is 2. The fourth-order valence-corrected chi connectivity index (χ4v) is 5.47. The van der Waals surface area contributed by atoms with Crippen molar-refractivity contribution in [1.82, 2.24) is 10.0 Å². The first-order valence-corrected chi connectivity index (χ1v) is 12.8. The summed E-state index contributed by atoms with van der Waals surface area (Å²) >= 11 is 0. The molecule has 2 heterocycles. The SMILES string of the molecule is CCC(=O)N1CCc2cc(S(=O)(=O)NC(C(=O)NCc3ccc4c(c3)OCO4)C(C)C)ccc21. The fraction of sp³-hybridized carbons (Fsp3) is 0.417. The molecule has 2 aliphatic heterocycles. The monoisotopic (exact) mass is 487 g/mol. The lowest BCUT2D eigenvalue weighted by Gasteiger charge is -2.22. The number of hydrogen-bond acceptors (Lipinski definition) is 6. The van der Waals surface area contributed by atoms with Gasteiger partial charge in [0.25, 0.3) is 0 Å². The Hall–Kier alpha value is -3.11. The van der Waals surface area contributed by atoms with Gasteiger partial charge in [-0.2, -0.15) is 4.72 Å². The van der Waals surface area contributed by atoms with Crippen LogP contribution in [-0.2, 0) is 32.6 Å². The number of anilines is 1. The van der Waals surface area contributed by atoms with E-state index in [4.69, 9.17) is 9.47 Å². The molecule has 2 amide bonds. The van der Waals surface area contributed by atoms with Gasteiger partial charge in [0.05, 0.1) is 4.90 Å². The predicted molar refractivity (Wildman–Crippen MR) is 126 cm³/mol. The lowest BCUT2D eigenvalue weighted by molar-refractivity contribution is -0.123. The third-order valence-electron chi connectivity index (χ3n) is 6.00. The Morgan fingerprint density at radius 1 is 1.09 bits per heavy atom. The molecule has 9 nitrogen and oxygen atoms in total. The molecule has 2 N–H and O–H groups in total. The molecule has 2 aromatic carbocycles. The highest BCUT2D eigenvalue weighted by molar-refractivity contribution is 7.89. The van der Waals surface area contributed by atoms with Gasteiger partial charge in [-0.05, 0) is 53.8 Å². The Morgan fingerprint density at radius 3 is 2.59 bits per heavy atom. The summed E-state index contributed by atoms with van der Waals surface area (Å²) in [6.07, 6.45) is 0.979. The summed E-state index contributed by atoms with van der Waals surface area (Å²) in [6, 6.07) is 9.15. The van der Waals surface area contributed by atoms with E-state index >= 15 is 0 Å². The molecule has 1 atom stereocenters. The molecule has 4 rings (SSSR count). The molecular formula is C24H29N3O6S. The molecule has 34 heavy (non-hydrogen) atoms. The van der Waals surface area contributed by atoms with Gasteiger partial charge in [-0.1, -0.05) is 26.8 Å². The molecule has 10 heteroatoms. The zero-order chi connectivity index (χ0) is 24.5. The molecule has 2 aromatic rings. The smallest absolute Gasteiger partial charge is 0.241 e. The number of amides is 2. The fourth-order valence-electron chi connectivity index (χ4n) is 4.07. The van der Waals surface area contributed by atoms with Gasteiger partial charge in [-0.3, -0.25) is 9.59 Å². The van der Waals surface area contributed by atoms with Crippen molar-refractivity contribution < 1.29 is 27.5 Å². The third kappa shape index (κ3) is 4.88. The van der Waals surface area contributed by atoms with Crippen molar-refractivity contribution in [2.75, 3.05) is 18.2 Å². The van der Waals surface area contributed by atoms with E-state index in [-0.39, 0.29) is 30.1 Å². The van der Waals surface area contributed by atoms with Crippen LogP contribution >= 0.6 is 0 Å². The number of nitrogens with zero attached hydrogens (tertiary/aromatic N) is 1. The van der Waals surface area contributed by atoms with Crippen LogP contribution in [0.4, 0.5) is 5.69 Å². The van der Waals surface area contributed by atoms with Crippen LogP contribution in [0.3, 0.4) is 0 Å². The van der Waals surface area contributed by atoms with Crippen LogP contribution in [0.25, 0.3) is 0 Å². The van der Waals surface area contributed by atoms with Crippen molar-refractivity contribution in [3.63, 3.8) is 0 Å². The summed E-state index contributed by atoms with van der Waals surface area (Å²) in [5, 5.41) is 2.81. The largest absolute Gasteiger partial charge is 0.454 e. The van der Waals surface area contributed by atoms with Crippen LogP contribution in [0.15, 0.2) is 41.3 Å². The van der Waals surface area contributed by atoms with Gasteiger partial charge in [0.2, 0.25) is 28.6 Å². The zero-order valence-electron chi connectivity index (χ0n) is 19.5. The first-order valence-electron chi connectivity index (χ1n) is 11.3. The van der Waals surface area contributed by atoms with Crippen molar-refractivity contribution in [3.05, 3.63) is 47.5 Å². The molecule has 182 valence electrons. The number of fused-ring (bicyclic) bond motifs is 2. The molecule has 2 aliphatic rings. The first kappa shape index (κ1) is 24.0. The number of ether oxygens (including phenoxy) is 2. The zero-order valence-corrected chi connectivity index (χ0v) is 20.3. The second-order valence-electron chi connectivity index (χ2n) is 8.69. The topological polar surface area (TPSA) is 114 Å². The standard InChI is InChI=1S/C24H29N3O6S/c1-4-22(28)27-10-9-17-12-18(6-7-19(17)27)34(30,31)26-23(15(2)3)24(29)25-13-16-5-8-20-21(11-16)33-14-32-20/h5-8,11-12,15,23,26H,4,9-10,13-14H2,1-3H3,(H,25,29). The molecular weight excluding hydrogens is 458 g/mol. The Kier molecular flexibility index (Phi) is 6.81. The van der Waals surface area contributed by atoms with Crippen molar-refractivity contribution in [3.8, 4) is 11.5 Å². The second kappa shape index (κ2) is 9.63. The Balaban J connectivity index is 1.45. The minimum absolute atomic E-state index is 0.00600. The van der Waals surface area contributed by atoms with Crippen LogP contribution in [0, 0.1) is 5.92 Å². The summed E-state index contributed by atoms with van der Waals surface area (Å²) in [6.45, 7) is 6.29. The molecule has 0 bridgehead atoms. The lowest BCUT2D eigenvalue weighted by Crippen LogP contribution is -2.49. The lowest BCUT2D eigenvalue weighted by atomic mass is 10.0. The minimum Gasteiger partial charge on any atom is -0.454 e. The summed E-state index contributed by atoms with van der Waals surface area (Å²) in [5.41, 5.74) is 2.36. The van der Waals surface area contributed by atoms with Gasteiger partial charge >= 0.3 is 0 Å². The molecule has 0 fully saturated rings. The van der Waals surface area contributed by atoms with Crippen LogP contribution in [0.1, 0.15) is 38.3 Å². The molecule has 0 aliphatic carbocycles. The predicted octanol–water partition coefficient (Wildman–Crippen LogP) is 2.33. The van der Waals surface area contributed by atoms with Crippen LogP contribution in [-0.4, -0.2) is 39.6 Å². The van der Waals surface area contributed by atoms with E-state index in [1.807, 2.05) is 6.07 Å². The molecule has 0 radical (unpaired) electrons. The number of rotatable bonds is 8. The Labute approximate surface area is 199 Å². The normalized spacial score (nSPS) is 15.4. The van der Waals surface area contributed by atoms with E-state index in [0.29, 0.717) is 30.9 Å². The Bertz CT molecular complexity index is 1210. The van der Waals surface area contributed by atoms with Gasteiger partial charge < -0.3 is 19.7 Å². The maximum absolute atomic E-state index is 13.1. The van der Waals surface area contributed by atoms with E-state index in [0.717, 1.165) is 16.8 Å². The van der Waals surface area contributed by atoms with Gasteiger partial charge in [-0.15, -0.1) is 0 Å². The summed E-state index contributed by atoms with van der Waals surface area (Å²) in [5.74, 6) is 0.574. The van der Waals surface area contributed by atoms with Gasteiger partial charge in [0.15, 0.2) is 11.5 Å². The van der Waals surface area contributed by atoms with E-state index in [1.54, 1.807) is 49.9 Å². The van der Waals surface area contributed by atoms with E-state index < -0.39 is 22.0 Å². The average Bonchev–Trinajstić information content (AvgIpc) is 3.46. The highest BCUT2D eigenvalue weighted by atomic mass is 32.2. The Morgan fingerprint density at radius 2 is 1.85 bits per heavy atom. The maximum Gasteiger partial charge on any atom is 0.241 e. The second-order valence-corrected chi connectivity index (χ2v) is 10.4. The van der Waals surface area contributed by atoms with Gasteiger partial charge in [0, 0.05) is 25.2 Å². The molecule has 0 spiro atoms. The molecule has 0 aromatic heterocycles. The first-order chi connectivity index (χ1) is 16.2. The number of carbonyl (C=O) groups is 2. The maximum atomic E-state index is 13.1. The van der Waals surface area contributed by atoms with Crippen molar-refractivity contribution >= 4 is 27.5 Å². The minimum atomic E-state index is -3.96. The number of nitrogens with one attached hydrogen (secondary N) is 2. The summed E-state index contributed by atoms with van der Waals surface area (Å²) < 4.78 is 39.5. The molecule has 0 saturated carbocycles.